The van der Waals surface area contributed by atoms with Crippen LogP contribution in [0, 0.1) is 0 Å². The van der Waals surface area contributed by atoms with Crippen molar-refractivity contribution in [1.82, 2.24) is 20.2 Å². The summed E-state index contributed by atoms with van der Waals surface area (Å²) in [6, 6.07) is 15.0. The first kappa shape index (κ1) is 21.6. The number of benzene rings is 2. The van der Waals surface area contributed by atoms with Crippen LogP contribution in [0.3, 0.4) is 0 Å². The first-order chi connectivity index (χ1) is 14.7. The minimum atomic E-state index is -0.252. The fraction of sp³-hybridized carbons (Fsp3) is 0.273. The number of amides is 1. The maximum absolute atomic E-state index is 12.3. The van der Waals surface area contributed by atoms with Crippen molar-refractivity contribution in [1.29, 1.82) is 0 Å². The van der Waals surface area contributed by atoms with Gasteiger partial charge in [-0.3, -0.25) is 4.79 Å². The molecule has 1 N–H and O–H groups in total. The molecular weight excluding hydrogens is 398 g/mol. The van der Waals surface area contributed by atoms with Crippen LogP contribution in [0.4, 0.5) is 0 Å². The number of hydrazone groups is 1. The van der Waals surface area contributed by atoms with Crippen molar-refractivity contribution in [3.8, 4) is 5.75 Å². The lowest BCUT2D eigenvalue weighted by Gasteiger charge is -2.05. The number of thioether (sulfide) groups is 1. The highest BCUT2D eigenvalue weighted by molar-refractivity contribution is 7.98. The van der Waals surface area contributed by atoms with Crippen LogP contribution in [0.25, 0.3) is 0 Å². The number of hydrogen-bond donors (Lipinski definition) is 1. The molecule has 0 atom stereocenters. The molecule has 0 bridgehead atoms. The van der Waals surface area contributed by atoms with Gasteiger partial charge in [-0.1, -0.05) is 37.2 Å². The van der Waals surface area contributed by atoms with Gasteiger partial charge in [0.25, 0.3) is 5.91 Å². The standard InChI is InChI=1S/C22H25N5O2S/c1-3-4-13-29-20-11-7-17(8-12-20)14-23-25-21(28)19-9-5-18(6-10-19)15-30-22-26-24-16-27(22)2/h5-12,14,16H,3-4,13,15H2,1-2H3,(H,25,28)/b23-14+. The van der Waals surface area contributed by atoms with Crippen LogP contribution in [-0.4, -0.2) is 33.5 Å². The molecule has 0 aliphatic rings. The zero-order chi connectivity index (χ0) is 21.2. The van der Waals surface area contributed by atoms with E-state index in [0.29, 0.717) is 5.56 Å². The number of ether oxygens (including phenoxy) is 1. The van der Waals surface area contributed by atoms with Gasteiger partial charge in [-0.15, -0.1) is 10.2 Å². The van der Waals surface area contributed by atoms with Crippen molar-refractivity contribution in [2.45, 2.75) is 30.7 Å². The molecule has 2 aromatic carbocycles. The Morgan fingerprint density at radius 1 is 1.20 bits per heavy atom. The fourth-order valence-corrected chi connectivity index (χ4v) is 3.36. The molecule has 0 saturated carbocycles. The van der Waals surface area contributed by atoms with E-state index in [1.54, 1.807) is 36.4 Å². The van der Waals surface area contributed by atoms with E-state index in [9.17, 15) is 4.79 Å². The van der Waals surface area contributed by atoms with Crippen LogP contribution in [-0.2, 0) is 12.8 Å². The van der Waals surface area contributed by atoms with E-state index in [0.717, 1.165) is 47.2 Å². The molecule has 7 nitrogen and oxygen atoms in total. The third-order valence-electron chi connectivity index (χ3n) is 4.28. The number of nitrogens with zero attached hydrogens (tertiary/aromatic N) is 4. The largest absolute Gasteiger partial charge is 0.494 e. The van der Waals surface area contributed by atoms with Gasteiger partial charge in [0.1, 0.15) is 12.1 Å². The normalized spacial score (nSPS) is 11.0. The Morgan fingerprint density at radius 3 is 2.63 bits per heavy atom. The maximum Gasteiger partial charge on any atom is 0.271 e. The topological polar surface area (TPSA) is 81.4 Å². The van der Waals surface area contributed by atoms with Gasteiger partial charge in [-0.2, -0.15) is 5.10 Å². The van der Waals surface area contributed by atoms with Crippen molar-refractivity contribution in [2.75, 3.05) is 6.61 Å². The van der Waals surface area contributed by atoms with Crippen LogP contribution >= 0.6 is 11.8 Å². The number of nitrogens with one attached hydrogen (secondary N) is 1. The Balaban J connectivity index is 1.46. The van der Waals surface area contributed by atoms with Crippen LogP contribution < -0.4 is 10.2 Å². The molecule has 30 heavy (non-hydrogen) atoms. The zero-order valence-corrected chi connectivity index (χ0v) is 17.9. The van der Waals surface area contributed by atoms with Gasteiger partial charge in [-0.25, -0.2) is 5.43 Å². The lowest BCUT2D eigenvalue weighted by atomic mass is 10.1. The smallest absolute Gasteiger partial charge is 0.271 e. The highest BCUT2D eigenvalue weighted by atomic mass is 32.2. The molecule has 0 fully saturated rings. The van der Waals surface area contributed by atoms with E-state index in [1.807, 2.05) is 48.0 Å². The second-order valence-electron chi connectivity index (χ2n) is 6.68. The van der Waals surface area contributed by atoms with Gasteiger partial charge in [0, 0.05) is 18.4 Å². The van der Waals surface area contributed by atoms with Gasteiger partial charge in [0.15, 0.2) is 5.16 Å². The van der Waals surface area contributed by atoms with Crippen LogP contribution in [0.2, 0.25) is 0 Å². The van der Waals surface area contributed by atoms with Gasteiger partial charge in [0.05, 0.1) is 12.8 Å². The molecule has 3 aromatic rings. The first-order valence-corrected chi connectivity index (χ1v) is 10.8. The first-order valence-electron chi connectivity index (χ1n) is 9.77. The van der Waals surface area contributed by atoms with Crippen molar-refractivity contribution in [2.24, 2.45) is 12.1 Å². The molecule has 0 radical (unpaired) electrons. The molecule has 0 saturated heterocycles. The average Bonchev–Trinajstić information content (AvgIpc) is 3.18. The molecule has 0 aliphatic heterocycles. The zero-order valence-electron chi connectivity index (χ0n) is 17.1. The molecular formula is C22H25N5O2S. The van der Waals surface area contributed by atoms with Gasteiger partial charge in [0.2, 0.25) is 0 Å². The Kier molecular flexibility index (Phi) is 8.02. The predicted octanol–water partition coefficient (Wildman–Crippen LogP) is 4.05. The van der Waals surface area contributed by atoms with E-state index in [4.69, 9.17) is 4.74 Å². The fourth-order valence-electron chi connectivity index (χ4n) is 2.52. The minimum absolute atomic E-state index is 0.252. The molecule has 1 heterocycles. The Hall–Kier alpha value is -3.13. The molecule has 1 amide bonds. The van der Waals surface area contributed by atoms with Crippen molar-refractivity contribution in [3.63, 3.8) is 0 Å². The highest BCUT2D eigenvalue weighted by Crippen LogP contribution is 2.20. The number of carbonyl (C=O) groups is 1. The average molecular weight is 424 g/mol. The summed E-state index contributed by atoms with van der Waals surface area (Å²) in [4.78, 5) is 12.3. The van der Waals surface area contributed by atoms with Gasteiger partial charge in [-0.05, 0) is 53.9 Å². The Morgan fingerprint density at radius 2 is 1.97 bits per heavy atom. The third kappa shape index (κ3) is 6.45. The lowest BCUT2D eigenvalue weighted by Crippen LogP contribution is -2.17. The van der Waals surface area contributed by atoms with Crippen molar-refractivity contribution in [3.05, 3.63) is 71.5 Å². The second-order valence-corrected chi connectivity index (χ2v) is 7.62. The van der Waals surface area contributed by atoms with Crippen LogP contribution in [0.5, 0.6) is 5.75 Å². The van der Waals surface area contributed by atoms with E-state index >= 15 is 0 Å². The summed E-state index contributed by atoms with van der Waals surface area (Å²) in [6.07, 6.45) is 5.43. The summed E-state index contributed by atoms with van der Waals surface area (Å²) >= 11 is 1.60. The second kappa shape index (κ2) is 11.2. The SMILES string of the molecule is CCCCOc1ccc(/C=N/NC(=O)c2ccc(CSc3nncn3C)cc2)cc1. The molecule has 156 valence electrons. The molecule has 0 unspecified atom stereocenters. The number of rotatable bonds is 10. The molecule has 8 heteroatoms. The highest BCUT2D eigenvalue weighted by Gasteiger charge is 2.06. The van der Waals surface area contributed by atoms with Gasteiger partial charge >= 0.3 is 0 Å². The lowest BCUT2D eigenvalue weighted by molar-refractivity contribution is 0.0955. The number of unbranched alkanes of at least 4 members (excludes halogenated alkanes) is 1. The Bertz CT molecular complexity index is 968. The Labute approximate surface area is 180 Å². The molecule has 1 aromatic heterocycles. The number of aromatic nitrogens is 3. The van der Waals surface area contributed by atoms with E-state index in [2.05, 4.69) is 27.6 Å². The predicted molar refractivity (Wildman–Crippen MR) is 119 cm³/mol. The minimum Gasteiger partial charge on any atom is -0.494 e. The molecule has 0 aliphatic carbocycles. The number of hydrogen-bond acceptors (Lipinski definition) is 6. The van der Waals surface area contributed by atoms with Crippen LogP contribution in [0.15, 0.2) is 65.1 Å². The van der Waals surface area contributed by atoms with E-state index in [-0.39, 0.29) is 5.91 Å². The molecule has 3 rings (SSSR count). The summed E-state index contributed by atoms with van der Waals surface area (Å²) in [6.45, 7) is 2.85. The quantitative estimate of drug-likeness (QED) is 0.230. The summed E-state index contributed by atoms with van der Waals surface area (Å²) in [5.41, 5.74) is 5.10. The third-order valence-corrected chi connectivity index (χ3v) is 5.39. The summed E-state index contributed by atoms with van der Waals surface area (Å²) in [5, 5.41) is 12.8. The number of aryl methyl sites for hydroxylation is 1. The maximum atomic E-state index is 12.3. The summed E-state index contributed by atoms with van der Waals surface area (Å²) in [5.74, 6) is 1.34. The van der Waals surface area contributed by atoms with E-state index in [1.165, 1.54) is 0 Å². The summed E-state index contributed by atoms with van der Waals surface area (Å²) in [7, 11) is 1.91. The molecule has 0 spiro atoms. The van der Waals surface area contributed by atoms with Crippen molar-refractivity contribution >= 4 is 23.9 Å². The van der Waals surface area contributed by atoms with Crippen molar-refractivity contribution < 1.29 is 9.53 Å². The van der Waals surface area contributed by atoms with E-state index < -0.39 is 0 Å². The monoisotopic (exact) mass is 423 g/mol. The number of carbonyl (C=O) groups excluding carboxylic acids is 1. The van der Waals surface area contributed by atoms with Crippen LogP contribution in [0.1, 0.15) is 41.3 Å². The van der Waals surface area contributed by atoms with Gasteiger partial charge < -0.3 is 9.30 Å². The summed E-state index contributed by atoms with van der Waals surface area (Å²) < 4.78 is 7.50.